The SMILES string of the molecule is O=c1nc(N2CC3CN(Cc4ccc([N+](=O)[O-])c(Br)c4)CC3C2)sc2c([N+](=O)[O-])cc(C(F)(F)F)cc12. The number of rotatable bonds is 5. The molecule has 0 N–H and O–H groups in total. The molecule has 37 heavy (non-hydrogen) atoms. The topological polar surface area (TPSA) is 123 Å². The van der Waals surface area contributed by atoms with Gasteiger partial charge in [0.05, 0.1) is 25.3 Å². The third-order valence-electron chi connectivity index (χ3n) is 6.66. The van der Waals surface area contributed by atoms with E-state index in [0.29, 0.717) is 36.2 Å². The molecule has 0 radical (unpaired) electrons. The highest BCUT2D eigenvalue weighted by Gasteiger charge is 2.41. The largest absolute Gasteiger partial charge is 0.416 e. The minimum absolute atomic E-state index is 0.00516. The number of nitro benzene ring substituents is 2. The first-order chi connectivity index (χ1) is 17.4. The predicted octanol–water partition coefficient (Wildman–Crippen LogP) is 4.82. The fraction of sp³-hybridized carbons (Fsp3) is 0.364. The molecule has 0 aliphatic carbocycles. The van der Waals surface area contributed by atoms with Crippen LogP contribution in [-0.4, -0.2) is 45.9 Å². The van der Waals surface area contributed by atoms with Crippen molar-refractivity contribution in [2.45, 2.75) is 12.7 Å². The minimum Gasteiger partial charge on any atom is -0.347 e. The van der Waals surface area contributed by atoms with Crippen LogP contribution in [0.15, 0.2) is 39.6 Å². The summed E-state index contributed by atoms with van der Waals surface area (Å²) in [6.45, 7) is 3.20. The van der Waals surface area contributed by atoms with Crippen molar-refractivity contribution in [1.82, 2.24) is 9.88 Å². The van der Waals surface area contributed by atoms with E-state index < -0.39 is 38.2 Å². The highest BCUT2D eigenvalue weighted by molar-refractivity contribution is 9.10. The number of nitrogens with zero attached hydrogens (tertiary/aromatic N) is 5. The van der Waals surface area contributed by atoms with Crippen molar-refractivity contribution in [3.63, 3.8) is 0 Å². The lowest BCUT2D eigenvalue weighted by atomic mass is 10.0. The number of hydrogen-bond acceptors (Lipinski definition) is 9. The molecule has 2 atom stereocenters. The van der Waals surface area contributed by atoms with Gasteiger partial charge in [0.2, 0.25) is 0 Å². The number of non-ortho nitro benzene ring substituents is 1. The highest BCUT2D eigenvalue weighted by Crippen LogP contribution is 2.40. The Kier molecular flexibility index (Phi) is 6.40. The van der Waals surface area contributed by atoms with Gasteiger partial charge < -0.3 is 4.90 Å². The summed E-state index contributed by atoms with van der Waals surface area (Å²) in [4.78, 5) is 41.9. The van der Waals surface area contributed by atoms with Crippen molar-refractivity contribution in [3.05, 3.63) is 76.5 Å². The van der Waals surface area contributed by atoms with E-state index >= 15 is 0 Å². The molecule has 1 aromatic heterocycles. The molecule has 0 amide bonds. The molecule has 3 aromatic rings. The molecule has 3 heterocycles. The number of aromatic nitrogens is 1. The van der Waals surface area contributed by atoms with Crippen LogP contribution >= 0.6 is 27.3 Å². The summed E-state index contributed by atoms with van der Waals surface area (Å²) in [5, 5.41) is 22.4. The molecule has 2 fully saturated rings. The van der Waals surface area contributed by atoms with Crippen LogP contribution in [-0.2, 0) is 12.7 Å². The normalized spacial score (nSPS) is 19.9. The number of fused-ring (bicyclic) bond motifs is 2. The standard InChI is InChI=1S/C22H17BrF3N5O5S/c23-16-3-11(1-2-17(16)30(33)34)6-28-7-12-9-29(10-13(12)8-28)21-27-20(32)15-4-14(22(24,25)26)5-18(31(35)36)19(15)37-21/h1-5,12-13H,6-10H2. The predicted molar refractivity (Wildman–Crippen MR) is 133 cm³/mol. The van der Waals surface area contributed by atoms with E-state index in [9.17, 15) is 38.2 Å². The molecule has 2 saturated heterocycles. The van der Waals surface area contributed by atoms with Crippen molar-refractivity contribution in [2.75, 3.05) is 31.1 Å². The van der Waals surface area contributed by atoms with Crippen LogP contribution in [0.2, 0.25) is 0 Å². The summed E-state index contributed by atoms with van der Waals surface area (Å²) < 4.78 is 39.9. The summed E-state index contributed by atoms with van der Waals surface area (Å²) >= 11 is 4.09. The van der Waals surface area contributed by atoms with Crippen LogP contribution in [0.25, 0.3) is 10.1 Å². The Morgan fingerprint density at radius 3 is 2.24 bits per heavy atom. The van der Waals surface area contributed by atoms with E-state index in [4.69, 9.17) is 0 Å². The van der Waals surface area contributed by atoms with Gasteiger partial charge in [-0.05, 0) is 45.5 Å². The monoisotopic (exact) mass is 599 g/mol. The van der Waals surface area contributed by atoms with Crippen LogP contribution in [0, 0.1) is 32.1 Å². The summed E-state index contributed by atoms with van der Waals surface area (Å²) in [5.41, 5.74) is -2.04. The summed E-state index contributed by atoms with van der Waals surface area (Å²) in [6.07, 6.45) is -4.84. The third kappa shape index (κ3) is 4.90. The zero-order valence-electron chi connectivity index (χ0n) is 18.8. The fourth-order valence-electron chi connectivity index (χ4n) is 5.01. The van der Waals surface area contributed by atoms with Crippen molar-refractivity contribution in [1.29, 1.82) is 0 Å². The number of likely N-dealkylation sites (tertiary alicyclic amines) is 1. The van der Waals surface area contributed by atoms with Gasteiger partial charge in [-0.3, -0.25) is 29.9 Å². The first kappa shape index (κ1) is 25.5. The van der Waals surface area contributed by atoms with E-state index in [-0.39, 0.29) is 27.4 Å². The molecule has 2 aliphatic rings. The van der Waals surface area contributed by atoms with Crippen molar-refractivity contribution in [3.8, 4) is 0 Å². The molecule has 2 aromatic carbocycles. The van der Waals surface area contributed by atoms with Crippen LogP contribution in [0.1, 0.15) is 11.1 Å². The van der Waals surface area contributed by atoms with Crippen LogP contribution in [0.3, 0.4) is 0 Å². The van der Waals surface area contributed by atoms with Gasteiger partial charge >= 0.3 is 6.18 Å². The number of alkyl halides is 3. The number of nitro groups is 2. The van der Waals surface area contributed by atoms with Gasteiger partial charge in [0.1, 0.15) is 4.70 Å². The first-order valence-electron chi connectivity index (χ1n) is 11.0. The third-order valence-corrected chi connectivity index (χ3v) is 8.46. The van der Waals surface area contributed by atoms with Gasteiger partial charge in [0, 0.05) is 44.9 Å². The average molecular weight is 600 g/mol. The zero-order valence-corrected chi connectivity index (χ0v) is 21.2. The van der Waals surface area contributed by atoms with Gasteiger partial charge in [-0.1, -0.05) is 17.4 Å². The summed E-state index contributed by atoms with van der Waals surface area (Å²) in [5.74, 6) is 0.479. The highest BCUT2D eigenvalue weighted by atomic mass is 79.9. The van der Waals surface area contributed by atoms with Gasteiger partial charge in [-0.2, -0.15) is 18.2 Å². The number of benzene rings is 2. The Labute approximate surface area is 218 Å². The second-order valence-corrected chi connectivity index (χ2v) is 10.9. The lowest BCUT2D eigenvalue weighted by Crippen LogP contribution is -2.29. The van der Waals surface area contributed by atoms with E-state index in [2.05, 4.69) is 25.8 Å². The maximum atomic E-state index is 13.2. The maximum absolute atomic E-state index is 13.2. The Bertz CT molecular complexity index is 1490. The molecule has 0 bridgehead atoms. The number of hydrogen-bond donors (Lipinski definition) is 0. The van der Waals surface area contributed by atoms with E-state index in [0.717, 1.165) is 30.0 Å². The molecule has 2 unspecified atom stereocenters. The average Bonchev–Trinajstić information content (AvgIpc) is 3.36. The molecular weight excluding hydrogens is 583 g/mol. The quantitative estimate of drug-likeness (QED) is 0.302. The van der Waals surface area contributed by atoms with E-state index in [1.807, 2.05) is 4.90 Å². The zero-order chi connectivity index (χ0) is 26.6. The maximum Gasteiger partial charge on any atom is 0.416 e. The van der Waals surface area contributed by atoms with Crippen LogP contribution in [0.5, 0.6) is 0 Å². The molecule has 15 heteroatoms. The number of halogens is 4. The molecular formula is C22H17BrF3N5O5S. The smallest absolute Gasteiger partial charge is 0.347 e. The van der Waals surface area contributed by atoms with Crippen molar-refractivity contribution in [2.24, 2.45) is 11.8 Å². The van der Waals surface area contributed by atoms with E-state index in [1.54, 1.807) is 12.1 Å². The Morgan fingerprint density at radius 2 is 1.68 bits per heavy atom. The molecule has 10 nitrogen and oxygen atoms in total. The van der Waals surface area contributed by atoms with Crippen molar-refractivity contribution >= 4 is 53.9 Å². The van der Waals surface area contributed by atoms with Gasteiger partial charge in [0.25, 0.3) is 16.9 Å². The Balaban J connectivity index is 1.34. The summed E-state index contributed by atoms with van der Waals surface area (Å²) in [7, 11) is 0. The van der Waals surface area contributed by atoms with Crippen LogP contribution < -0.4 is 10.5 Å². The Hall–Kier alpha value is -3.17. The molecule has 5 rings (SSSR count). The fourth-order valence-corrected chi connectivity index (χ4v) is 6.66. The number of anilines is 1. The van der Waals surface area contributed by atoms with Gasteiger partial charge in [-0.25, -0.2) is 0 Å². The molecule has 0 spiro atoms. The van der Waals surface area contributed by atoms with Gasteiger partial charge in [-0.15, -0.1) is 0 Å². The van der Waals surface area contributed by atoms with E-state index in [1.165, 1.54) is 6.07 Å². The first-order valence-corrected chi connectivity index (χ1v) is 12.6. The molecule has 2 aliphatic heterocycles. The van der Waals surface area contributed by atoms with Gasteiger partial charge in [0.15, 0.2) is 5.13 Å². The lowest BCUT2D eigenvalue weighted by molar-refractivity contribution is -0.385. The molecule has 194 valence electrons. The second kappa shape index (κ2) is 9.29. The Morgan fingerprint density at radius 1 is 1.03 bits per heavy atom. The summed E-state index contributed by atoms with van der Waals surface area (Å²) in [6, 6.07) is 5.98. The van der Waals surface area contributed by atoms with Crippen LogP contribution in [0.4, 0.5) is 29.7 Å². The van der Waals surface area contributed by atoms with Crippen molar-refractivity contribution < 1.29 is 23.0 Å². The minimum atomic E-state index is -4.84. The lowest BCUT2D eigenvalue weighted by Gasteiger charge is -2.22. The molecule has 0 saturated carbocycles. The second-order valence-electron chi connectivity index (χ2n) is 9.09.